The van der Waals surface area contributed by atoms with Crippen LogP contribution in [-0.2, 0) is 0 Å². The minimum atomic E-state index is 0.0291. The van der Waals surface area contributed by atoms with Crippen LogP contribution in [0.4, 0.5) is 11.8 Å². The molecular formula is C21H29N5O. The lowest BCUT2D eigenvalue weighted by atomic mass is 9.86. The molecule has 1 heterocycles. The molecule has 0 unspecified atom stereocenters. The summed E-state index contributed by atoms with van der Waals surface area (Å²) < 4.78 is 0. The van der Waals surface area contributed by atoms with Crippen LogP contribution in [0.25, 0.3) is 0 Å². The van der Waals surface area contributed by atoms with Crippen molar-refractivity contribution in [3.8, 4) is 0 Å². The lowest BCUT2D eigenvalue weighted by Crippen LogP contribution is -2.38. The number of benzene rings is 1. The van der Waals surface area contributed by atoms with E-state index in [1.54, 1.807) is 0 Å². The van der Waals surface area contributed by atoms with Crippen molar-refractivity contribution in [1.29, 1.82) is 0 Å². The second-order valence-corrected chi connectivity index (χ2v) is 7.53. The Labute approximate surface area is 161 Å². The molecule has 1 amide bonds. The lowest BCUT2D eigenvalue weighted by Gasteiger charge is -2.29. The number of aryl methyl sites for hydroxylation is 1. The average Bonchev–Trinajstić information content (AvgIpc) is 2.69. The fourth-order valence-corrected chi connectivity index (χ4v) is 3.58. The molecule has 0 saturated heterocycles. The van der Waals surface area contributed by atoms with Crippen LogP contribution in [0.3, 0.4) is 0 Å². The molecule has 6 heteroatoms. The van der Waals surface area contributed by atoms with E-state index in [0.29, 0.717) is 11.9 Å². The maximum Gasteiger partial charge on any atom is 0.251 e. The van der Waals surface area contributed by atoms with Gasteiger partial charge in [0.25, 0.3) is 5.91 Å². The van der Waals surface area contributed by atoms with Gasteiger partial charge in [0.2, 0.25) is 5.95 Å². The summed E-state index contributed by atoms with van der Waals surface area (Å²) in [5, 5.41) is 6.55. The summed E-state index contributed by atoms with van der Waals surface area (Å²) in [4.78, 5) is 23.3. The maximum absolute atomic E-state index is 12.3. The molecule has 27 heavy (non-hydrogen) atoms. The molecule has 6 nitrogen and oxygen atoms in total. The SMILES string of the molecule is Cc1cnc(NC[C@H]2CC[C@@H](NC(=O)c3ccccc3)CC2)nc1N(C)C. The van der Waals surface area contributed by atoms with Crippen molar-refractivity contribution in [3.05, 3.63) is 47.7 Å². The van der Waals surface area contributed by atoms with Crippen molar-refractivity contribution in [2.24, 2.45) is 5.92 Å². The topological polar surface area (TPSA) is 70.1 Å². The molecule has 1 saturated carbocycles. The highest BCUT2D eigenvalue weighted by Crippen LogP contribution is 2.25. The fraction of sp³-hybridized carbons (Fsp3) is 0.476. The fourth-order valence-electron chi connectivity index (χ4n) is 3.58. The van der Waals surface area contributed by atoms with Gasteiger partial charge >= 0.3 is 0 Å². The zero-order valence-electron chi connectivity index (χ0n) is 16.4. The third-order valence-electron chi connectivity index (χ3n) is 5.14. The van der Waals surface area contributed by atoms with E-state index in [9.17, 15) is 4.79 Å². The number of anilines is 2. The summed E-state index contributed by atoms with van der Waals surface area (Å²) in [6, 6.07) is 9.69. The van der Waals surface area contributed by atoms with E-state index in [2.05, 4.69) is 20.6 Å². The predicted octanol–water partition coefficient (Wildman–Crippen LogP) is 3.25. The highest BCUT2D eigenvalue weighted by Gasteiger charge is 2.23. The molecule has 1 aromatic carbocycles. The van der Waals surface area contributed by atoms with Crippen LogP contribution in [0.2, 0.25) is 0 Å². The van der Waals surface area contributed by atoms with Crippen molar-refractivity contribution in [2.75, 3.05) is 30.9 Å². The molecule has 0 radical (unpaired) electrons. The van der Waals surface area contributed by atoms with E-state index in [0.717, 1.165) is 49.2 Å². The summed E-state index contributed by atoms with van der Waals surface area (Å²) in [6.07, 6.45) is 6.09. The third kappa shape index (κ3) is 5.18. The minimum absolute atomic E-state index is 0.0291. The van der Waals surface area contributed by atoms with Gasteiger partial charge in [-0.2, -0.15) is 4.98 Å². The number of aromatic nitrogens is 2. The second-order valence-electron chi connectivity index (χ2n) is 7.53. The molecule has 0 spiro atoms. The average molecular weight is 367 g/mol. The minimum Gasteiger partial charge on any atom is -0.362 e. The molecule has 2 aromatic rings. The van der Waals surface area contributed by atoms with Crippen LogP contribution in [0.1, 0.15) is 41.6 Å². The smallest absolute Gasteiger partial charge is 0.251 e. The number of hydrogen-bond acceptors (Lipinski definition) is 5. The van der Waals surface area contributed by atoms with E-state index in [-0.39, 0.29) is 11.9 Å². The number of carbonyl (C=O) groups excluding carboxylic acids is 1. The molecule has 1 aliphatic carbocycles. The predicted molar refractivity (Wildman–Crippen MR) is 109 cm³/mol. The molecule has 0 aliphatic heterocycles. The Kier molecular flexibility index (Phi) is 6.27. The van der Waals surface area contributed by atoms with Gasteiger partial charge in [0.1, 0.15) is 5.82 Å². The Morgan fingerprint density at radius 1 is 1.15 bits per heavy atom. The number of rotatable bonds is 6. The number of nitrogens with one attached hydrogen (secondary N) is 2. The Balaban J connectivity index is 1.45. The van der Waals surface area contributed by atoms with Crippen molar-refractivity contribution in [2.45, 2.75) is 38.6 Å². The van der Waals surface area contributed by atoms with Gasteiger partial charge in [0.15, 0.2) is 0 Å². The molecular weight excluding hydrogens is 338 g/mol. The zero-order chi connectivity index (χ0) is 19.2. The first kappa shape index (κ1) is 19.1. The quantitative estimate of drug-likeness (QED) is 0.820. The highest BCUT2D eigenvalue weighted by atomic mass is 16.1. The van der Waals surface area contributed by atoms with Crippen molar-refractivity contribution >= 4 is 17.7 Å². The van der Waals surface area contributed by atoms with E-state index >= 15 is 0 Å². The van der Waals surface area contributed by atoms with Gasteiger partial charge in [0, 0.05) is 44.0 Å². The molecule has 3 rings (SSSR count). The van der Waals surface area contributed by atoms with E-state index < -0.39 is 0 Å². The summed E-state index contributed by atoms with van der Waals surface area (Å²) in [7, 11) is 3.98. The molecule has 1 aromatic heterocycles. The van der Waals surface area contributed by atoms with E-state index in [1.807, 2.05) is 62.4 Å². The van der Waals surface area contributed by atoms with E-state index in [1.165, 1.54) is 0 Å². The maximum atomic E-state index is 12.3. The molecule has 1 aliphatic rings. The molecule has 0 atom stereocenters. The highest BCUT2D eigenvalue weighted by molar-refractivity contribution is 5.94. The standard InChI is InChI=1S/C21H29N5O/c1-15-13-22-21(25-19(15)26(2)3)23-14-16-9-11-18(12-10-16)24-20(27)17-7-5-4-6-8-17/h4-8,13,16,18H,9-12,14H2,1-3H3,(H,24,27)(H,22,23,25)/t16-,18+. The number of amides is 1. The van der Waals surface area contributed by atoms with Gasteiger partial charge in [0.05, 0.1) is 0 Å². The van der Waals surface area contributed by atoms with Crippen molar-refractivity contribution < 1.29 is 4.79 Å². The normalized spacial score (nSPS) is 19.4. The lowest BCUT2D eigenvalue weighted by molar-refractivity contribution is 0.0922. The summed E-state index contributed by atoms with van der Waals surface area (Å²) in [6.45, 7) is 2.89. The molecule has 0 bridgehead atoms. The van der Waals surface area contributed by atoms with Crippen LogP contribution in [0.15, 0.2) is 36.5 Å². The van der Waals surface area contributed by atoms with Gasteiger partial charge in [-0.05, 0) is 50.7 Å². The van der Waals surface area contributed by atoms with Gasteiger partial charge in [-0.3, -0.25) is 4.79 Å². The first-order valence-electron chi connectivity index (χ1n) is 9.63. The van der Waals surface area contributed by atoms with Gasteiger partial charge < -0.3 is 15.5 Å². The first-order valence-corrected chi connectivity index (χ1v) is 9.63. The Bertz CT molecular complexity index is 754. The molecule has 1 fully saturated rings. The van der Waals surface area contributed by atoms with Gasteiger partial charge in [-0.1, -0.05) is 18.2 Å². The monoisotopic (exact) mass is 367 g/mol. The van der Waals surface area contributed by atoms with Crippen molar-refractivity contribution in [1.82, 2.24) is 15.3 Å². The van der Waals surface area contributed by atoms with Crippen LogP contribution in [0.5, 0.6) is 0 Å². The summed E-state index contributed by atoms with van der Waals surface area (Å²) in [5.74, 6) is 2.24. The Hall–Kier alpha value is -2.63. The number of nitrogens with zero attached hydrogens (tertiary/aromatic N) is 3. The largest absolute Gasteiger partial charge is 0.362 e. The second kappa shape index (κ2) is 8.84. The first-order chi connectivity index (χ1) is 13.0. The zero-order valence-corrected chi connectivity index (χ0v) is 16.4. The Morgan fingerprint density at radius 2 is 1.85 bits per heavy atom. The number of hydrogen-bond donors (Lipinski definition) is 2. The van der Waals surface area contributed by atoms with Crippen LogP contribution in [-0.4, -0.2) is 42.6 Å². The Morgan fingerprint density at radius 3 is 2.52 bits per heavy atom. The summed E-state index contributed by atoms with van der Waals surface area (Å²) in [5.41, 5.74) is 1.80. The molecule has 2 N–H and O–H groups in total. The molecule has 144 valence electrons. The van der Waals surface area contributed by atoms with Gasteiger partial charge in [-0.25, -0.2) is 4.98 Å². The van der Waals surface area contributed by atoms with Crippen LogP contribution >= 0.6 is 0 Å². The van der Waals surface area contributed by atoms with E-state index in [4.69, 9.17) is 0 Å². The van der Waals surface area contributed by atoms with Crippen molar-refractivity contribution in [3.63, 3.8) is 0 Å². The summed E-state index contributed by atoms with van der Waals surface area (Å²) >= 11 is 0. The van der Waals surface area contributed by atoms with Crippen LogP contribution in [0, 0.1) is 12.8 Å². The van der Waals surface area contributed by atoms with Gasteiger partial charge in [-0.15, -0.1) is 0 Å². The number of carbonyl (C=O) groups is 1. The van der Waals surface area contributed by atoms with Crippen LogP contribution < -0.4 is 15.5 Å². The third-order valence-corrected chi connectivity index (χ3v) is 5.14.